The van der Waals surface area contributed by atoms with Crippen molar-refractivity contribution in [2.75, 3.05) is 20.1 Å². The van der Waals surface area contributed by atoms with Gasteiger partial charge in [-0.25, -0.2) is 0 Å². The number of nitrogens with zero attached hydrogens (tertiary/aromatic N) is 2. The Balaban J connectivity index is 2.56. The van der Waals surface area contributed by atoms with Crippen LogP contribution in [0.2, 0.25) is 0 Å². The van der Waals surface area contributed by atoms with Crippen LogP contribution in [0.1, 0.15) is 33.6 Å². The average molecular weight is 227 g/mol. The van der Waals surface area contributed by atoms with Crippen LogP contribution < -0.4 is 5.73 Å². The van der Waals surface area contributed by atoms with E-state index in [1.165, 1.54) is 6.42 Å². The molecule has 4 nitrogen and oxygen atoms in total. The Morgan fingerprint density at radius 1 is 1.44 bits per heavy atom. The molecule has 1 rings (SSSR count). The van der Waals surface area contributed by atoms with Gasteiger partial charge in [-0.15, -0.1) is 0 Å². The molecule has 0 spiro atoms. The predicted molar refractivity (Wildman–Crippen MR) is 66.2 cm³/mol. The first-order valence-corrected chi connectivity index (χ1v) is 6.19. The molecule has 0 radical (unpaired) electrons. The summed E-state index contributed by atoms with van der Waals surface area (Å²) < 4.78 is 0. The fourth-order valence-corrected chi connectivity index (χ4v) is 2.20. The van der Waals surface area contributed by atoms with E-state index < -0.39 is 0 Å². The van der Waals surface area contributed by atoms with Crippen molar-refractivity contribution in [2.45, 2.75) is 51.7 Å². The normalized spacial score (nSPS) is 23.9. The summed E-state index contributed by atoms with van der Waals surface area (Å²) in [6.07, 6.45) is 2.26. The van der Waals surface area contributed by atoms with Crippen molar-refractivity contribution in [1.82, 2.24) is 9.80 Å². The second kappa shape index (κ2) is 5.64. The molecular weight excluding hydrogens is 202 g/mol. The molecule has 4 heteroatoms. The lowest BCUT2D eigenvalue weighted by Gasteiger charge is -2.39. The molecule has 1 saturated heterocycles. The summed E-state index contributed by atoms with van der Waals surface area (Å²) in [4.78, 5) is 16.1. The van der Waals surface area contributed by atoms with E-state index in [-0.39, 0.29) is 11.9 Å². The van der Waals surface area contributed by atoms with E-state index in [1.807, 2.05) is 4.90 Å². The van der Waals surface area contributed by atoms with Gasteiger partial charge in [-0.2, -0.15) is 0 Å². The predicted octanol–water partition coefficient (Wildman–Crippen LogP) is 0.665. The molecule has 0 aromatic rings. The maximum Gasteiger partial charge on any atom is 0.239 e. The van der Waals surface area contributed by atoms with Crippen LogP contribution in [0.3, 0.4) is 0 Å². The van der Waals surface area contributed by atoms with Gasteiger partial charge in [0.15, 0.2) is 0 Å². The number of likely N-dealkylation sites (N-methyl/N-ethyl adjacent to an activating group) is 1. The Hall–Kier alpha value is -0.610. The molecule has 1 aliphatic heterocycles. The van der Waals surface area contributed by atoms with Gasteiger partial charge in [0, 0.05) is 25.2 Å². The monoisotopic (exact) mass is 227 g/mol. The molecule has 1 fully saturated rings. The highest BCUT2D eigenvalue weighted by atomic mass is 16.2. The van der Waals surface area contributed by atoms with E-state index in [9.17, 15) is 4.79 Å². The van der Waals surface area contributed by atoms with Gasteiger partial charge in [0.25, 0.3) is 0 Å². The molecule has 2 atom stereocenters. The van der Waals surface area contributed by atoms with Gasteiger partial charge >= 0.3 is 0 Å². The number of piperidine rings is 1. The highest BCUT2D eigenvalue weighted by Gasteiger charge is 2.28. The van der Waals surface area contributed by atoms with Crippen LogP contribution in [0.5, 0.6) is 0 Å². The molecule has 1 amide bonds. The van der Waals surface area contributed by atoms with Crippen molar-refractivity contribution in [3.63, 3.8) is 0 Å². The van der Waals surface area contributed by atoms with Gasteiger partial charge in [0.2, 0.25) is 5.91 Å². The molecule has 1 heterocycles. The van der Waals surface area contributed by atoms with Crippen LogP contribution in [-0.2, 0) is 4.79 Å². The van der Waals surface area contributed by atoms with Gasteiger partial charge in [0.1, 0.15) is 0 Å². The van der Waals surface area contributed by atoms with Gasteiger partial charge in [-0.05, 0) is 40.7 Å². The van der Waals surface area contributed by atoms with Crippen molar-refractivity contribution >= 4 is 5.91 Å². The number of amides is 1. The van der Waals surface area contributed by atoms with E-state index in [2.05, 4.69) is 25.8 Å². The van der Waals surface area contributed by atoms with Crippen molar-refractivity contribution in [3.05, 3.63) is 0 Å². The molecule has 0 aromatic carbocycles. The van der Waals surface area contributed by atoms with Crippen molar-refractivity contribution < 1.29 is 4.79 Å². The zero-order valence-electron chi connectivity index (χ0n) is 10.9. The fourth-order valence-electron chi connectivity index (χ4n) is 2.20. The van der Waals surface area contributed by atoms with Crippen LogP contribution in [0, 0.1) is 0 Å². The minimum atomic E-state index is -0.372. The Morgan fingerprint density at radius 3 is 2.56 bits per heavy atom. The number of nitrogens with two attached hydrogens (primary N) is 1. The molecule has 2 N–H and O–H groups in total. The zero-order valence-corrected chi connectivity index (χ0v) is 10.9. The van der Waals surface area contributed by atoms with Crippen LogP contribution in [0.15, 0.2) is 0 Å². The molecule has 0 aliphatic carbocycles. The molecule has 0 bridgehead atoms. The number of rotatable bonds is 3. The first-order chi connectivity index (χ1) is 7.43. The lowest BCUT2D eigenvalue weighted by Crippen LogP contribution is -2.53. The summed E-state index contributed by atoms with van der Waals surface area (Å²) in [5.41, 5.74) is 5.64. The van der Waals surface area contributed by atoms with Crippen molar-refractivity contribution in [3.8, 4) is 0 Å². The first-order valence-electron chi connectivity index (χ1n) is 6.19. The number of carbonyl (C=O) groups excluding carboxylic acids is 1. The summed E-state index contributed by atoms with van der Waals surface area (Å²) >= 11 is 0. The van der Waals surface area contributed by atoms with Crippen LogP contribution in [0.4, 0.5) is 0 Å². The first kappa shape index (κ1) is 13.5. The average Bonchev–Trinajstić information content (AvgIpc) is 2.26. The minimum Gasteiger partial charge on any atom is -0.340 e. The standard InChI is InChI=1S/C12H25N3O/c1-9(2)14(4)11-6-5-7-15(8-11)12(16)10(3)13/h9-11H,5-8,13H2,1-4H3. The lowest BCUT2D eigenvalue weighted by atomic mass is 10.0. The van der Waals surface area contributed by atoms with Crippen LogP contribution >= 0.6 is 0 Å². The summed E-state index contributed by atoms with van der Waals surface area (Å²) in [7, 11) is 2.13. The Morgan fingerprint density at radius 2 is 2.06 bits per heavy atom. The fraction of sp³-hybridized carbons (Fsp3) is 0.917. The van der Waals surface area contributed by atoms with Gasteiger partial charge < -0.3 is 10.6 Å². The Kier molecular flexibility index (Phi) is 4.74. The SMILES string of the molecule is CC(N)C(=O)N1CCCC(N(C)C(C)C)C1. The van der Waals surface area contributed by atoms with Crippen molar-refractivity contribution in [1.29, 1.82) is 0 Å². The Bertz CT molecular complexity index is 240. The smallest absolute Gasteiger partial charge is 0.239 e. The van der Waals surface area contributed by atoms with E-state index in [1.54, 1.807) is 6.92 Å². The molecule has 94 valence electrons. The van der Waals surface area contributed by atoms with Crippen molar-refractivity contribution in [2.24, 2.45) is 5.73 Å². The number of hydrogen-bond donors (Lipinski definition) is 1. The van der Waals surface area contributed by atoms with Gasteiger partial charge in [0.05, 0.1) is 6.04 Å². The number of likely N-dealkylation sites (tertiary alicyclic amines) is 1. The zero-order chi connectivity index (χ0) is 12.3. The van der Waals surface area contributed by atoms with E-state index >= 15 is 0 Å². The largest absolute Gasteiger partial charge is 0.340 e. The quantitative estimate of drug-likeness (QED) is 0.771. The molecule has 16 heavy (non-hydrogen) atoms. The summed E-state index contributed by atoms with van der Waals surface area (Å²) in [5, 5.41) is 0. The Labute approximate surface area is 98.8 Å². The van der Waals surface area contributed by atoms with E-state index in [0.29, 0.717) is 12.1 Å². The molecule has 0 aromatic heterocycles. The highest BCUT2D eigenvalue weighted by molar-refractivity contribution is 5.81. The maximum atomic E-state index is 11.8. The molecule has 2 unspecified atom stereocenters. The number of hydrogen-bond acceptors (Lipinski definition) is 3. The van der Waals surface area contributed by atoms with Gasteiger partial charge in [-0.3, -0.25) is 9.69 Å². The summed E-state index contributed by atoms with van der Waals surface area (Å²) in [5.74, 6) is 0.0851. The number of carbonyl (C=O) groups is 1. The molecule has 1 aliphatic rings. The molecule has 0 saturated carbocycles. The lowest BCUT2D eigenvalue weighted by molar-refractivity contribution is -0.134. The highest BCUT2D eigenvalue weighted by Crippen LogP contribution is 2.17. The second-order valence-corrected chi connectivity index (χ2v) is 5.13. The topological polar surface area (TPSA) is 49.6 Å². The minimum absolute atomic E-state index is 0.0851. The van der Waals surface area contributed by atoms with Crippen LogP contribution in [-0.4, -0.2) is 54.0 Å². The van der Waals surface area contributed by atoms with E-state index in [0.717, 1.165) is 19.5 Å². The third-order valence-electron chi connectivity index (χ3n) is 3.49. The maximum absolute atomic E-state index is 11.8. The van der Waals surface area contributed by atoms with E-state index in [4.69, 9.17) is 5.73 Å². The molecular formula is C12H25N3O. The summed E-state index contributed by atoms with van der Waals surface area (Å²) in [6.45, 7) is 7.83. The van der Waals surface area contributed by atoms with Gasteiger partial charge in [-0.1, -0.05) is 0 Å². The second-order valence-electron chi connectivity index (χ2n) is 5.13. The summed E-state index contributed by atoms with van der Waals surface area (Å²) in [6, 6.07) is 0.634. The van der Waals surface area contributed by atoms with Crippen LogP contribution in [0.25, 0.3) is 0 Å². The third-order valence-corrected chi connectivity index (χ3v) is 3.49. The third kappa shape index (κ3) is 3.19.